The Labute approximate surface area is 96.4 Å². The van der Waals surface area contributed by atoms with Gasteiger partial charge in [0.25, 0.3) is 0 Å². The van der Waals surface area contributed by atoms with Crippen molar-refractivity contribution in [3.05, 3.63) is 0 Å². The molecule has 0 spiro atoms. The first-order valence-electron chi connectivity index (χ1n) is 5.51. The van der Waals surface area contributed by atoms with Crippen LogP contribution in [-0.2, 0) is 9.59 Å². The van der Waals surface area contributed by atoms with Crippen LogP contribution in [0.5, 0.6) is 0 Å². The second kappa shape index (κ2) is 5.02. The van der Waals surface area contributed by atoms with Gasteiger partial charge in [-0.25, -0.2) is 0 Å². The Morgan fingerprint density at radius 1 is 1.50 bits per heavy atom. The van der Waals surface area contributed by atoms with Crippen LogP contribution in [0, 0.1) is 12.3 Å². The molecule has 1 N–H and O–H groups in total. The fourth-order valence-corrected chi connectivity index (χ4v) is 1.78. The number of carbonyl (C=O) groups excluding carboxylic acids is 2. The molecule has 88 valence electrons. The summed E-state index contributed by atoms with van der Waals surface area (Å²) in [5.41, 5.74) is -0.802. The van der Waals surface area contributed by atoms with Crippen molar-refractivity contribution < 1.29 is 9.59 Å². The highest BCUT2D eigenvalue weighted by atomic mass is 16.2. The van der Waals surface area contributed by atoms with Gasteiger partial charge in [-0.2, -0.15) is 0 Å². The van der Waals surface area contributed by atoms with Crippen molar-refractivity contribution in [2.75, 3.05) is 13.1 Å². The minimum absolute atomic E-state index is 0.0321. The van der Waals surface area contributed by atoms with E-state index in [-0.39, 0.29) is 11.8 Å². The van der Waals surface area contributed by atoms with Crippen LogP contribution in [0.15, 0.2) is 0 Å². The molecule has 0 saturated carbocycles. The lowest BCUT2D eigenvalue weighted by Crippen LogP contribution is -2.52. The minimum atomic E-state index is -0.802. The van der Waals surface area contributed by atoms with Gasteiger partial charge in [0.2, 0.25) is 11.8 Å². The summed E-state index contributed by atoms with van der Waals surface area (Å²) in [5.74, 6) is 2.44. The second-order valence-electron chi connectivity index (χ2n) is 4.52. The van der Waals surface area contributed by atoms with Gasteiger partial charge >= 0.3 is 0 Å². The van der Waals surface area contributed by atoms with Crippen LogP contribution in [-0.4, -0.2) is 35.3 Å². The number of amides is 2. The summed E-state index contributed by atoms with van der Waals surface area (Å²) in [6.45, 7) is 4.57. The number of nitrogens with one attached hydrogen (secondary N) is 1. The lowest BCUT2D eigenvalue weighted by Gasteiger charge is -2.28. The number of hydrogen-bond acceptors (Lipinski definition) is 2. The van der Waals surface area contributed by atoms with Crippen molar-refractivity contribution in [3.63, 3.8) is 0 Å². The molecule has 1 saturated heterocycles. The fraction of sp³-hybridized carbons (Fsp3) is 0.667. The van der Waals surface area contributed by atoms with Crippen LogP contribution in [0.2, 0.25) is 0 Å². The summed E-state index contributed by atoms with van der Waals surface area (Å²) >= 11 is 0. The largest absolute Gasteiger partial charge is 0.342 e. The van der Waals surface area contributed by atoms with Crippen LogP contribution in [0.4, 0.5) is 0 Å². The van der Waals surface area contributed by atoms with Crippen LogP contribution < -0.4 is 5.32 Å². The number of terminal acetylenes is 1. The first-order chi connectivity index (χ1) is 7.47. The maximum Gasteiger partial charge on any atom is 0.247 e. The van der Waals surface area contributed by atoms with E-state index in [4.69, 9.17) is 6.42 Å². The number of hydrogen-bond donors (Lipinski definition) is 1. The highest BCUT2D eigenvalue weighted by molar-refractivity contribution is 5.92. The maximum absolute atomic E-state index is 12.1. The predicted octanol–water partition coefficient (Wildman–Crippen LogP) is 0.527. The van der Waals surface area contributed by atoms with Crippen LogP contribution in [0.3, 0.4) is 0 Å². The van der Waals surface area contributed by atoms with E-state index in [1.54, 1.807) is 18.7 Å². The Hall–Kier alpha value is -1.50. The lowest BCUT2D eigenvalue weighted by molar-refractivity contribution is -0.137. The summed E-state index contributed by atoms with van der Waals surface area (Å²) < 4.78 is 0. The van der Waals surface area contributed by atoms with Crippen molar-refractivity contribution in [3.8, 4) is 12.3 Å². The van der Waals surface area contributed by atoms with E-state index in [0.29, 0.717) is 25.9 Å². The molecule has 0 unspecified atom stereocenters. The van der Waals surface area contributed by atoms with Crippen LogP contribution in [0.1, 0.15) is 33.1 Å². The summed E-state index contributed by atoms with van der Waals surface area (Å²) in [6, 6.07) is 0. The van der Waals surface area contributed by atoms with Crippen molar-refractivity contribution >= 4 is 11.8 Å². The van der Waals surface area contributed by atoms with Crippen molar-refractivity contribution in [1.82, 2.24) is 10.2 Å². The SMILES string of the molecule is C#CCCCN1CCC(=O)NC(C)(C)C1=O. The standard InChI is InChI=1S/C12H18N2O2/c1-4-5-6-8-14-9-7-10(15)13-12(2,3)11(14)16/h1H,5-9H2,2-3H3,(H,13,15). The molecule has 0 aliphatic carbocycles. The third-order valence-corrected chi connectivity index (χ3v) is 2.63. The van der Waals surface area contributed by atoms with Crippen molar-refractivity contribution in [2.24, 2.45) is 0 Å². The highest BCUT2D eigenvalue weighted by Crippen LogP contribution is 2.13. The third-order valence-electron chi connectivity index (χ3n) is 2.63. The first-order valence-corrected chi connectivity index (χ1v) is 5.51. The molecule has 2 amide bonds. The van der Waals surface area contributed by atoms with E-state index in [0.717, 1.165) is 6.42 Å². The Morgan fingerprint density at radius 3 is 2.81 bits per heavy atom. The van der Waals surface area contributed by atoms with Gasteiger partial charge in [0.15, 0.2) is 0 Å². The van der Waals surface area contributed by atoms with Gasteiger partial charge in [0, 0.05) is 25.9 Å². The molecular weight excluding hydrogens is 204 g/mol. The van der Waals surface area contributed by atoms with Crippen molar-refractivity contribution in [1.29, 1.82) is 0 Å². The van der Waals surface area contributed by atoms with E-state index in [9.17, 15) is 9.59 Å². The van der Waals surface area contributed by atoms with E-state index in [2.05, 4.69) is 11.2 Å². The minimum Gasteiger partial charge on any atom is -0.342 e. The Kier molecular flexibility index (Phi) is 3.94. The number of carbonyl (C=O) groups is 2. The Balaban J connectivity index is 2.66. The fourth-order valence-electron chi connectivity index (χ4n) is 1.78. The molecule has 1 rings (SSSR count). The quantitative estimate of drug-likeness (QED) is 0.559. The molecule has 4 nitrogen and oxygen atoms in total. The van der Waals surface area contributed by atoms with Gasteiger partial charge in [-0.05, 0) is 20.3 Å². The molecule has 0 bridgehead atoms. The molecule has 16 heavy (non-hydrogen) atoms. The van der Waals surface area contributed by atoms with Gasteiger partial charge in [0.05, 0.1) is 0 Å². The van der Waals surface area contributed by atoms with Gasteiger partial charge in [0.1, 0.15) is 5.54 Å². The maximum atomic E-state index is 12.1. The topological polar surface area (TPSA) is 49.4 Å². The predicted molar refractivity (Wildman–Crippen MR) is 61.5 cm³/mol. The highest BCUT2D eigenvalue weighted by Gasteiger charge is 2.35. The van der Waals surface area contributed by atoms with E-state index in [1.807, 2.05) is 0 Å². The molecule has 1 fully saturated rings. The summed E-state index contributed by atoms with van der Waals surface area (Å²) in [6.07, 6.45) is 6.97. The molecule has 1 heterocycles. The van der Waals surface area contributed by atoms with Crippen molar-refractivity contribution in [2.45, 2.75) is 38.6 Å². The average molecular weight is 222 g/mol. The molecular formula is C12H18N2O2. The molecule has 0 atom stereocenters. The van der Waals surface area contributed by atoms with Gasteiger partial charge < -0.3 is 10.2 Å². The van der Waals surface area contributed by atoms with E-state index >= 15 is 0 Å². The van der Waals surface area contributed by atoms with Crippen LogP contribution in [0.25, 0.3) is 0 Å². The third kappa shape index (κ3) is 2.99. The summed E-state index contributed by atoms with van der Waals surface area (Å²) in [4.78, 5) is 25.2. The Morgan fingerprint density at radius 2 is 2.19 bits per heavy atom. The molecule has 1 aliphatic rings. The van der Waals surface area contributed by atoms with E-state index < -0.39 is 5.54 Å². The van der Waals surface area contributed by atoms with Gasteiger partial charge in [-0.1, -0.05) is 0 Å². The number of nitrogens with zero attached hydrogens (tertiary/aromatic N) is 1. The Bertz CT molecular complexity index is 328. The zero-order chi connectivity index (χ0) is 12.2. The number of unbranched alkanes of at least 4 members (excludes halogenated alkanes) is 1. The first kappa shape index (κ1) is 12.6. The lowest BCUT2D eigenvalue weighted by atomic mass is 10.0. The number of rotatable bonds is 3. The smallest absolute Gasteiger partial charge is 0.247 e. The molecule has 0 radical (unpaired) electrons. The second-order valence-corrected chi connectivity index (χ2v) is 4.52. The summed E-state index contributed by atoms with van der Waals surface area (Å²) in [7, 11) is 0. The van der Waals surface area contributed by atoms with Gasteiger partial charge in [-0.3, -0.25) is 9.59 Å². The summed E-state index contributed by atoms with van der Waals surface area (Å²) in [5, 5.41) is 2.72. The molecule has 1 aliphatic heterocycles. The average Bonchev–Trinajstić information content (AvgIpc) is 2.29. The van der Waals surface area contributed by atoms with E-state index in [1.165, 1.54) is 0 Å². The molecule has 0 aromatic heterocycles. The van der Waals surface area contributed by atoms with Gasteiger partial charge in [-0.15, -0.1) is 12.3 Å². The molecule has 0 aromatic rings. The normalized spacial score (nSPS) is 19.9. The zero-order valence-corrected chi connectivity index (χ0v) is 9.88. The monoisotopic (exact) mass is 222 g/mol. The zero-order valence-electron chi connectivity index (χ0n) is 9.88. The molecule has 0 aromatic carbocycles. The molecule has 4 heteroatoms. The van der Waals surface area contributed by atoms with Crippen LogP contribution >= 0.6 is 0 Å².